The normalized spacial score (nSPS) is 16.3. The predicted molar refractivity (Wildman–Crippen MR) is 151 cm³/mol. The third-order valence-electron chi connectivity index (χ3n) is 5.89. The zero-order valence-electron chi connectivity index (χ0n) is 21.3. The number of hydrogen-bond acceptors (Lipinski definition) is 7. The van der Waals surface area contributed by atoms with Crippen molar-refractivity contribution in [3.63, 3.8) is 0 Å². The Kier molecular flexibility index (Phi) is 9.15. The van der Waals surface area contributed by atoms with Crippen LogP contribution in [0.5, 0.6) is 17.2 Å². The molecule has 1 N–H and O–H groups in total. The van der Waals surface area contributed by atoms with Gasteiger partial charge >= 0.3 is 0 Å². The number of benzene rings is 3. The topological polar surface area (TPSA) is 89.5 Å². The van der Waals surface area contributed by atoms with Gasteiger partial charge in [-0.05, 0) is 66.6 Å². The highest BCUT2D eigenvalue weighted by atomic mass is 35.5. The van der Waals surface area contributed by atoms with Crippen molar-refractivity contribution in [2.75, 3.05) is 33.2 Å². The van der Waals surface area contributed by atoms with Crippen molar-refractivity contribution >= 4 is 51.7 Å². The van der Waals surface area contributed by atoms with Crippen LogP contribution >= 0.6 is 23.4 Å². The zero-order valence-corrected chi connectivity index (χ0v) is 22.8. The van der Waals surface area contributed by atoms with Crippen molar-refractivity contribution in [3.05, 3.63) is 77.3 Å². The van der Waals surface area contributed by atoms with E-state index in [0.29, 0.717) is 51.8 Å². The highest BCUT2D eigenvalue weighted by Gasteiger charge is 2.36. The number of ether oxygens (including phenoxy) is 3. The van der Waals surface area contributed by atoms with Crippen molar-refractivity contribution in [1.29, 1.82) is 0 Å². The fourth-order valence-electron chi connectivity index (χ4n) is 3.89. The number of carbonyl (C=O) groups excluding carboxylic acids is 2. The van der Waals surface area contributed by atoms with Crippen LogP contribution in [0, 0.1) is 0 Å². The molecule has 0 unspecified atom stereocenters. The first-order valence-electron chi connectivity index (χ1n) is 11.9. The molecule has 3 aromatic rings. The number of nitrogens with zero attached hydrogens (tertiary/aromatic N) is 2. The van der Waals surface area contributed by atoms with Crippen molar-refractivity contribution in [3.8, 4) is 17.2 Å². The van der Waals surface area contributed by atoms with Gasteiger partial charge in [-0.3, -0.25) is 14.5 Å². The number of amidine groups is 1. The molecule has 1 fully saturated rings. The summed E-state index contributed by atoms with van der Waals surface area (Å²) >= 11 is 7.42. The fourth-order valence-corrected chi connectivity index (χ4v) is 5.20. The van der Waals surface area contributed by atoms with E-state index in [-0.39, 0.29) is 18.2 Å². The van der Waals surface area contributed by atoms with Crippen LogP contribution in [-0.2, 0) is 16.0 Å². The van der Waals surface area contributed by atoms with Crippen LogP contribution in [0.4, 0.5) is 11.4 Å². The van der Waals surface area contributed by atoms with E-state index in [1.165, 1.54) is 11.8 Å². The van der Waals surface area contributed by atoms with Crippen LogP contribution in [-0.4, -0.2) is 55.0 Å². The molecule has 0 bridgehead atoms. The summed E-state index contributed by atoms with van der Waals surface area (Å²) in [5.74, 6) is 1.49. The van der Waals surface area contributed by atoms with Crippen LogP contribution in [0.3, 0.4) is 0 Å². The lowest BCUT2D eigenvalue weighted by Crippen LogP contribution is -2.46. The van der Waals surface area contributed by atoms with Crippen LogP contribution in [0.1, 0.15) is 12.0 Å². The molecule has 198 valence electrons. The average molecular weight is 554 g/mol. The molecule has 4 rings (SSSR count). The summed E-state index contributed by atoms with van der Waals surface area (Å²) in [4.78, 5) is 32.8. The molecule has 0 aromatic heterocycles. The molecular weight excluding hydrogens is 526 g/mol. The Bertz CT molecular complexity index is 1330. The number of thioether (sulfide) groups is 1. The second-order valence-electron chi connectivity index (χ2n) is 8.39. The predicted octanol–water partition coefficient (Wildman–Crippen LogP) is 5.57. The fraction of sp³-hybridized carbons (Fsp3) is 0.250. The number of anilines is 1. The van der Waals surface area contributed by atoms with E-state index >= 15 is 0 Å². The number of rotatable bonds is 9. The molecule has 1 saturated heterocycles. The van der Waals surface area contributed by atoms with Crippen LogP contribution in [0.2, 0.25) is 5.02 Å². The Morgan fingerprint density at radius 2 is 1.79 bits per heavy atom. The molecule has 0 radical (unpaired) electrons. The summed E-state index contributed by atoms with van der Waals surface area (Å²) in [5.41, 5.74) is 2.19. The summed E-state index contributed by atoms with van der Waals surface area (Å²) in [6.45, 7) is 0.382. The molecule has 1 aliphatic rings. The van der Waals surface area contributed by atoms with E-state index in [4.69, 9.17) is 30.8 Å². The maximum Gasteiger partial charge on any atom is 0.238 e. The molecule has 0 saturated carbocycles. The Morgan fingerprint density at radius 3 is 2.47 bits per heavy atom. The van der Waals surface area contributed by atoms with Gasteiger partial charge in [-0.25, -0.2) is 4.99 Å². The van der Waals surface area contributed by atoms with Gasteiger partial charge in [-0.2, -0.15) is 0 Å². The highest BCUT2D eigenvalue weighted by Crippen LogP contribution is 2.32. The van der Waals surface area contributed by atoms with Gasteiger partial charge in [-0.1, -0.05) is 35.5 Å². The monoisotopic (exact) mass is 553 g/mol. The Balaban J connectivity index is 1.54. The standard InChI is InChI=1S/C28H28ClN3O5S/c1-35-22-10-8-20(9-11-22)30-27(34)25-17-26(33)32(28(38-25)31-21-6-4-5-19(29)16-21)14-13-18-7-12-23(36-2)24(15-18)37-3/h4-12,15-16,25H,13-14,17H2,1-3H3,(H,30,34)/t25-/m0/s1. The van der Waals surface area contributed by atoms with E-state index in [0.717, 1.165) is 5.56 Å². The molecular formula is C28H28ClN3O5S. The second-order valence-corrected chi connectivity index (χ2v) is 9.99. The number of carbonyl (C=O) groups is 2. The third kappa shape index (κ3) is 6.79. The van der Waals surface area contributed by atoms with Crippen LogP contribution in [0.25, 0.3) is 0 Å². The van der Waals surface area contributed by atoms with Crippen LogP contribution in [0.15, 0.2) is 71.7 Å². The molecule has 1 heterocycles. The van der Waals surface area contributed by atoms with Gasteiger partial charge in [0.2, 0.25) is 11.8 Å². The smallest absolute Gasteiger partial charge is 0.238 e. The van der Waals surface area contributed by atoms with Crippen molar-refractivity contribution in [2.45, 2.75) is 18.1 Å². The van der Waals surface area contributed by atoms with Gasteiger partial charge < -0.3 is 19.5 Å². The molecule has 8 nitrogen and oxygen atoms in total. The molecule has 0 aliphatic carbocycles. The van der Waals surface area contributed by atoms with Crippen molar-refractivity contribution in [1.82, 2.24) is 4.90 Å². The first kappa shape index (κ1) is 27.3. The molecule has 2 amide bonds. The van der Waals surface area contributed by atoms with Gasteiger partial charge in [0.15, 0.2) is 16.7 Å². The minimum atomic E-state index is -0.639. The Labute approximate surface area is 230 Å². The number of nitrogens with one attached hydrogen (secondary N) is 1. The number of methoxy groups -OCH3 is 3. The number of amides is 2. The quantitative estimate of drug-likeness (QED) is 0.373. The zero-order chi connectivity index (χ0) is 27.1. The molecule has 38 heavy (non-hydrogen) atoms. The number of hydrogen-bond donors (Lipinski definition) is 1. The number of aliphatic imine (C=N–C) groups is 1. The van der Waals surface area contributed by atoms with Gasteiger partial charge in [0.1, 0.15) is 11.0 Å². The highest BCUT2D eigenvalue weighted by molar-refractivity contribution is 8.15. The summed E-state index contributed by atoms with van der Waals surface area (Å²) in [6, 6.07) is 19.7. The van der Waals surface area contributed by atoms with Crippen molar-refractivity contribution in [2.24, 2.45) is 4.99 Å². The molecule has 1 aliphatic heterocycles. The number of halogens is 1. The summed E-state index contributed by atoms with van der Waals surface area (Å²) < 4.78 is 15.9. The van der Waals surface area contributed by atoms with E-state index in [2.05, 4.69) is 5.32 Å². The molecule has 1 atom stereocenters. The summed E-state index contributed by atoms with van der Waals surface area (Å²) in [5, 5.41) is 3.22. The lowest BCUT2D eigenvalue weighted by atomic mass is 10.1. The largest absolute Gasteiger partial charge is 0.497 e. The lowest BCUT2D eigenvalue weighted by Gasteiger charge is -2.32. The molecule has 3 aromatic carbocycles. The minimum Gasteiger partial charge on any atom is -0.497 e. The SMILES string of the molecule is COc1ccc(NC(=O)[C@@H]2CC(=O)N(CCc3ccc(OC)c(OC)c3)C(=Nc3cccc(Cl)c3)S2)cc1. The Morgan fingerprint density at radius 1 is 1.03 bits per heavy atom. The van der Waals surface area contributed by atoms with Crippen molar-refractivity contribution < 1.29 is 23.8 Å². The first-order chi connectivity index (χ1) is 18.4. The van der Waals surface area contributed by atoms with Gasteiger partial charge in [0.25, 0.3) is 0 Å². The Hall–Kier alpha value is -3.69. The van der Waals surface area contributed by atoms with E-state index in [1.54, 1.807) is 74.8 Å². The average Bonchev–Trinajstić information content (AvgIpc) is 2.92. The van der Waals surface area contributed by atoms with Gasteiger partial charge in [-0.15, -0.1) is 0 Å². The van der Waals surface area contributed by atoms with Crippen LogP contribution < -0.4 is 19.5 Å². The molecule has 10 heteroatoms. The van der Waals surface area contributed by atoms with Gasteiger partial charge in [0, 0.05) is 23.7 Å². The summed E-state index contributed by atoms with van der Waals surface area (Å²) in [6.07, 6.45) is 0.608. The maximum atomic E-state index is 13.3. The first-order valence-corrected chi connectivity index (χ1v) is 13.1. The van der Waals surface area contributed by atoms with E-state index < -0.39 is 5.25 Å². The second kappa shape index (κ2) is 12.7. The third-order valence-corrected chi connectivity index (χ3v) is 7.32. The summed E-state index contributed by atoms with van der Waals surface area (Å²) in [7, 11) is 4.75. The maximum absolute atomic E-state index is 13.3. The van der Waals surface area contributed by atoms with Gasteiger partial charge in [0.05, 0.1) is 27.0 Å². The van der Waals surface area contributed by atoms with E-state index in [1.807, 2.05) is 18.2 Å². The minimum absolute atomic E-state index is 0.0488. The molecule has 0 spiro atoms. The lowest BCUT2D eigenvalue weighted by molar-refractivity contribution is -0.129. The van der Waals surface area contributed by atoms with E-state index in [9.17, 15) is 9.59 Å².